The van der Waals surface area contributed by atoms with Gasteiger partial charge < -0.3 is 19.9 Å². The summed E-state index contributed by atoms with van der Waals surface area (Å²) in [5, 5.41) is 3.41. The molecule has 0 aromatic heterocycles. The van der Waals surface area contributed by atoms with Crippen molar-refractivity contribution in [3.63, 3.8) is 0 Å². The minimum Gasteiger partial charge on any atom is -0.378 e. The first-order chi connectivity index (χ1) is 9.58. The van der Waals surface area contributed by atoms with Gasteiger partial charge in [0.05, 0.1) is 19.3 Å². The molecule has 0 spiro atoms. The average molecular weight is 283 g/mol. The van der Waals surface area contributed by atoms with Crippen molar-refractivity contribution in [3.8, 4) is 0 Å². The number of nitrogens with one attached hydrogen (secondary N) is 1. The van der Waals surface area contributed by atoms with Crippen molar-refractivity contribution in [1.29, 1.82) is 0 Å². The van der Waals surface area contributed by atoms with E-state index in [1.807, 2.05) is 16.7 Å². The number of amides is 2. The third kappa shape index (κ3) is 3.93. The van der Waals surface area contributed by atoms with E-state index >= 15 is 0 Å². The highest BCUT2D eigenvalue weighted by atomic mass is 16.5. The van der Waals surface area contributed by atoms with Crippen LogP contribution < -0.4 is 5.32 Å². The second kappa shape index (κ2) is 7.04. The largest absolute Gasteiger partial charge is 0.378 e. The van der Waals surface area contributed by atoms with Gasteiger partial charge in [-0.3, -0.25) is 9.59 Å². The number of likely N-dealkylation sites (tertiary alicyclic amines) is 1. The van der Waals surface area contributed by atoms with Gasteiger partial charge in [0.2, 0.25) is 11.8 Å². The lowest BCUT2D eigenvalue weighted by Gasteiger charge is -2.35. The molecule has 6 heteroatoms. The number of hydrogen-bond donors (Lipinski definition) is 1. The Balaban J connectivity index is 1.75. The molecule has 1 N–H and O–H groups in total. The molecule has 2 saturated heterocycles. The van der Waals surface area contributed by atoms with E-state index < -0.39 is 0 Å². The van der Waals surface area contributed by atoms with Crippen LogP contribution in [0.4, 0.5) is 0 Å². The van der Waals surface area contributed by atoms with E-state index in [1.165, 1.54) is 0 Å². The van der Waals surface area contributed by atoms with Crippen LogP contribution in [0.1, 0.15) is 26.7 Å². The lowest BCUT2D eigenvalue weighted by atomic mass is 10.0. The SMILES string of the molecule is CC(=O)N1CCC(NC(C)C(=O)N2CCOCC2)CC1. The van der Waals surface area contributed by atoms with Gasteiger partial charge in [0, 0.05) is 39.1 Å². The van der Waals surface area contributed by atoms with E-state index in [-0.39, 0.29) is 17.9 Å². The molecule has 0 aromatic carbocycles. The van der Waals surface area contributed by atoms with Crippen LogP contribution in [-0.2, 0) is 14.3 Å². The summed E-state index contributed by atoms with van der Waals surface area (Å²) in [6.45, 7) is 7.75. The Labute approximate surface area is 120 Å². The first-order valence-electron chi connectivity index (χ1n) is 7.46. The second-order valence-electron chi connectivity index (χ2n) is 5.61. The molecule has 20 heavy (non-hydrogen) atoms. The number of piperidine rings is 1. The molecule has 0 saturated carbocycles. The maximum Gasteiger partial charge on any atom is 0.239 e. The van der Waals surface area contributed by atoms with E-state index in [9.17, 15) is 9.59 Å². The highest BCUT2D eigenvalue weighted by molar-refractivity contribution is 5.81. The first kappa shape index (κ1) is 15.3. The maximum absolute atomic E-state index is 12.3. The number of nitrogens with zero attached hydrogens (tertiary/aromatic N) is 2. The summed E-state index contributed by atoms with van der Waals surface area (Å²) in [5.41, 5.74) is 0. The minimum atomic E-state index is -0.165. The van der Waals surface area contributed by atoms with Gasteiger partial charge in [0.1, 0.15) is 0 Å². The minimum absolute atomic E-state index is 0.140. The third-order valence-corrected chi connectivity index (χ3v) is 4.12. The standard InChI is InChI=1S/C14H25N3O3/c1-11(14(19)17-7-9-20-10-8-17)15-13-3-5-16(6-4-13)12(2)18/h11,13,15H,3-10H2,1-2H3. The van der Waals surface area contributed by atoms with Crippen LogP contribution in [-0.4, -0.2) is 73.1 Å². The number of morpholine rings is 1. The number of ether oxygens (including phenoxy) is 1. The number of carbonyl (C=O) groups excluding carboxylic acids is 2. The van der Waals surface area contributed by atoms with E-state index in [2.05, 4.69) is 5.32 Å². The molecule has 0 aromatic rings. The Morgan fingerprint density at radius 2 is 1.70 bits per heavy atom. The van der Waals surface area contributed by atoms with Crippen molar-refractivity contribution in [2.24, 2.45) is 0 Å². The summed E-state index contributed by atoms with van der Waals surface area (Å²) in [4.78, 5) is 27.3. The molecule has 2 aliphatic heterocycles. The zero-order valence-corrected chi connectivity index (χ0v) is 12.4. The molecular weight excluding hydrogens is 258 g/mol. The molecule has 2 heterocycles. The van der Waals surface area contributed by atoms with Gasteiger partial charge in [-0.2, -0.15) is 0 Å². The van der Waals surface area contributed by atoms with Gasteiger partial charge in [0.25, 0.3) is 0 Å². The van der Waals surface area contributed by atoms with Crippen molar-refractivity contribution < 1.29 is 14.3 Å². The number of carbonyl (C=O) groups is 2. The van der Waals surface area contributed by atoms with Crippen molar-refractivity contribution in [2.75, 3.05) is 39.4 Å². The van der Waals surface area contributed by atoms with Crippen LogP contribution in [0.25, 0.3) is 0 Å². The van der Waals surface area contributed by atoms with Crippen LogP contribution >= 0.6 is 0 Å². The summed E-state index contributed by atoms with van der Waals surface area (Å²) in [6.07, 6.45) is 1.83. The van der Waals surface area contributed by atoms with Crippen molar-refractivity contribution in [2.45, 2.75) is 38.8 Å². The number of rotatable bonds is 3. The Kier molecular flexibility index (Phi) is 5.37. The fourth-order valence-electron chi connectivity index (χ4n) is 2.84. The Bertz CT molecular complexity index is 348. The van der Waals surface area contributed by atoms with Crippen LogP contribution in [0.2, 0.25) is 0 Å². The normalized spacial score (nSPS) is 22.7. The zero-order valence-electron chi connectivity index (χ0n) is 12.4. The summed E-state index contributed by atoms with van der Waals surface area (Å²) >= 11 is 0. The molecule has 2 rings (SSSR count). The van der Waals surface area contributed by atoms with E-state index in [0.717, 1.165) is 25.9 Å². The van der Waals surface area contributed by atoms with Gasteiger partial charge >= 0.3 is 0 Å². The molecule has 114 valence electrons. The van der Waals surface area contributed by atoms with Gasteiger partial charge in [-0.1, -0.05) is 0 Å². The molecule has 0 aliphatic carbocycles. The molecule has 6 nitrogen and oxygen atoms in total. The van der Waals surface area contributed by atoms with Gasteiger partial charge in [0.15, 0.2) is 0 Å². The summed E-state index contributed by atoms with van der Waals surface area (Å²) in [5.74, 6) is 0.295. The predicted molar refractivity (Wildman–Crippen MR) is 75.3 cm³/mol. The molecular formula is C14H25N3O3. The van der Waals surface area contributed by atoms with E-state index in [4.69, 9.17) is 4.74 Å². The van der Waals surface area contributed by atoms with Crippen molar-refractivity contribution in [1.82, 2.24) is 15.1 Å². The Hall–Kier alpha value is -1.14. The lowest BCUT2D eigenvalue weighted by Crippen LogP contribution is -2.53. The lowest BCUT2D eigenvalue weighted by molar-refractivity contribution is -0.137. The molecule has 2 amide bonds. The topological polar surface area (TPSA) is 61.9 Å². The molecule has 0 bridgehead atoms. The van der Waals surface area contributed by atoms with Crippen LogP contribution in [0.5, 0.6) is 0 Å². The molecule has 0 radical (unpaired) electrons. The smallest absolute Gasteiger partial charge is 0.239 e. The van der Waals surface area contributed by atoms with Crippen LogP contribution in [0, 0.1) is 0 Å². The van der Waals surface area contributed by atoms with Crippen molar-refractivity contribution in [3.05, 3.63) is 0 Å². The highest BCUT2D eigenvalue weighted by Crippen LogP contribution is 2.12. The van der Waals surface area contributed by atoms with Crippen LogP contribution in [0.3, 0.4) is 0 Å². The van der Waals surface area contributed by atoms with Gasteiger partial charge in [-0.15, -0.1) is 0 Å². The van der Waals surface area contributed by atoms with Gasteiger partial charge in [-0.25, -0.2) is 0 Å². The number of hydrogen-bond acceptors (Lipinski definition) is 4. The molecule has 1 unspecified atom stereocenters. The fourth-order valence-corrected chi connectivity index (χ4v) is 2.84. The molecule has 2 aliphatic rings. The van der Waals surface area contributed by atoms with Crippen molar-refractivity contribution >= 4 is 11.8 Å². The average Bonchev–Trinajstić information content (AvgIpc) is 2.48. The second-order valence-corrected chi connectivity index (χ2v) is 5.61. The predicted octanol–water partition coefficient (Wildman–Crippen LogP) is -0.166. The quantitative estimate of drug-likeness (QED) is 0.781. The first-order valence-corrected chi connectivity index (χ1v) is 7.46. The van der Waals surface area contributed by atoms with Gasteiger partial charge in [-0.05, 0) is 19.8 Å². The van der Waals surface area contributed by atoms with E-state index in [0.29, 0.717) is 32.3 Å². The summed E-state index contributed by atoms with van der Waals surface area (Å²) < 4.78 is 5.26. The Morgan fingerprint density at radius 3 is 2.25 bits per heavy atom. The third-order valence-electron chi connectivity index (χ3n) is 4.12. The molecule has 2 fully saturated rings. The summed E-state index contributed by atoms with van der Waals surface area (Å²) in [6, 6.07) is 0.160. The fraction of sp³-hybridized carbons (Fsp3) is 0.857. The molecule has 1 atom stereocenters. The Morgan fingerprint density at radius 1 is 1.10 bits per heavy atom. The zero-order chi connectivity index (χ0) is 14.5. The maximum atomic E-state index is 12.3. The monoisotopic (exact) mass is 283 g/mol. The van der Waals surface area contributed by atoms with Crippen LogP contribution in [0.15, 0.2) is 0 Å². The highest BCUT2D eigenvalue weighted by Gasteiger charge is 2.26. The van der Waals surface area contributed by atoms with E-state index in [1.54, 1.807) is 6.92 Å². The summed E-state index contributed by atoms with van der Waals surface area (Å²) in [7, 11) is 0.